The molecule has 1 aromatic heterocycles. The normalized spacial score (nSPS) is 18.9. The third kappa shape index (κ3) is 11.8. The number of nitrogens with zero attached hydrogens (tertiary/aromatic N) is 1. The molecular weight excluding hydrogens is 636 g/mol. The van der Waals surface area contributed by atoms with E-state index in [4.69, 9.17) is 4.42 Å². The summed E-state index contributed by atoms with van der Waals surface area (Å²) in [6.45, 7) is 2.77. The van der Waals surface area contributed by atoms with Crippen molar-refractivity contribution >= 4 is 40.5 Å². The Balaban J connectivity index is 1.09. The van der Waals surface area contributed by atoms with Crippen LogP contribution >= 0.6 is 0 Å². The maximum Gasteiger partial charge on any atom is 0.287 e. The molecule has 5 rings (SSSR count). The topological polar surface area (TPSA) is 162 Å². The fourth-order valence-electron chi connectivity index (χ4n) is 7.72. The first-order chi connectivity index (χ1) is 24.3. The molecule has 0 spiro atoms. The van der Waals surface area contributed by atoms with Gasteiger partial charge in [-0.15, -0.1) is 0 Å². The molecule has 2 atom stereocenters. The molecular formula is C38H56N6O6. The van der Waals surface area contributed by atoms with Gasteiger partial charge in [0.25, 0.3) is 5.91 Å². The molecule has 5 N–H and O–H groups in total. The molecule has 0 unspecified atom stereocenters. The summed E-state index contributed by atoms with van der Waals surface area (Å²) in [5.74, 6) is -1.35. The molecule has 274 valence electrons. The molecule has 0 bridgehead atoms. The minimum absolute atomic E-state index is 0.119. The van der Waals surface area contributed by atoms with E-state index < -0.39 is 35.7 Å². The van der Waals surface area contributed by atoms with E-state index in [2.05, 4.69) is 31.5 Å². The van der Waals surface area contributed by atoms with Crippen molar-refractivity contribution in [3.8, 4) is 0 Å². The van der Waals surface area contributed by atoms with Gasteiger partial charge in [-0.05, 0) is 62.7 Å². The maximum absolute atomic E-state index is 13.3. The van der Waals surface area contributed by atoms with Crippen LogP contribution in [0.15, 0.2) is 34.7 Å². The van der Waals surface area contributed by atoms with Gasteiger partial charge in [0, 0.05) is 18.5 Å². The average molecular weight is 693 g/mol. The lowest BCUT2D eigenvalue weighted by molar-refractivity contribution is -0.130. The second-order valence-corrected chi connectivity index (χ2v) is 14.5. The van der Waals surface area contributed by atoms with Crippen LogP contribution in [0.25, 0.3) is 11.0 Å². The molecule has 12 nitrogen and oxygen atoms in total. The zero-order valence-electron chi connectivity index (χ0n) is 29.4. The first-order valence-electron chi connectivity index (χ1n) is 19.0. The largest absolute Gasteiger partial charge is 0.451 e. The first-order valence-corrected chi connectivity index (χ1v) is 19.0. The number of piperidine rings is 1. The molecule has 2 heterocycles. The van der Waals surface area contributed by atoms with E-state index in [1.54, 1.807) is 12.1 Å². The molecule has 0 radical (unpaired) electrons. The van der Waals surface area contributed by atoms with Gasteiger partial charge in [0.15, 0.2) is 5.76 Å². The van der Waals surface area contributed by atoms with Crippen LogP contribution in [0.4, 0.5) is 0 Å². The SMILES string of the molecule is O=C(CNC(=O)[C@H](CC1CCCCC1)NC(=O)c1cc2ccccc2o1)NCC(=O)N[C@@H](CC1CCCCC1)C(=O)NCCN1CCCCC1. The zero-order chi connectivity index (χ0) is 35.1. The highest BCUT2D eigenvalue weighted by Crippen LogP contribution is 2.29. The van der Waals surface area contributed by atoms with Gasteiger partial charge in [0.2, 0.25) is 23.6 Å². The van der Waals surface area contributed by atoms with Crippen LogP contribution < -0.4 is 26.6 Å². The Morgan fingerprint density at radius 1 is 0.680 bits per heavy atom. The number of benzene rings is 1. The van der Waals surface area contributed by atoms with Crippen molar-refractivity contribution in [3.63, 3.8) is 0 Å². The zero-order valence-corrected chi connectivity index (χ0v) is 29.4. The Labute approximate surface area is 295 Å². The number of likely N-dealkylation sites (tertiary alicyclic amines) is 1. The lowest BCUT2D eigenvalue weighted by Gasteiger charge is -2.28. The summed E-state index contributed by atoms with van der Waals surface area (Å²) >= 11 is 0. The number of hydrogen-bond acceptors (Lipinski definition) is 7. The summed E-state index contributed by atoms with van der Waals surface area (Å²) < 4.78 is 5.71. The summed E-state index contributed by atoms with van der Waals surface area (Å²) in [6, 6.07) is 7.45. The van der Waals surface area contributed by atoms with Gasteiger partial charge in [-0.25, -0.2) is 0 Å². The lowest BCUT2D eigenvalue weighted by atomic mass is 9.84. The summed E-state index contributed by atoms with van der Waals surface area (Å²) in [5.41, 5.74) is 0.584. The highest BCUT2D eigenvalue weighted by atomic mass is 16.3. The van der Waals surface area contributed by atoms with Crippen LogP contribution in [0.3, 0.4) is 0 Å². The van der Waals surface area contributed by atoms with Gasteiger partial charge >= 0.3 is 0 Å². The predicted octanol–water partition coefficient (Wildman–Crippen LogP) is 3.79. The molecule has 1 saturated heterocycles. The van der Waals surface area contributed by atoms with E-state index in [1.165, 1.54) is 25.7 Å². The van der Waals surface area contributed by atoms with Crippen molar-refractivity contribution in [2.24, 2.45) is 11.8 Å². The van der Waals surface area contributed by atoms with Gasteiger partial charge in [-0.1, -0.05) is 88.8 Å². The van der Waals surface area contributed by atoms with Gasteiger partial charge in [-0.2, -0.15) is 0 Å². The minimum Gasteiger partial charge on any atom is -0.451 e. The van der Waals surface area contributed by atoms with Crippen molar-refractivity contribution in [1.82, 2.24) is 31.5 Å². The minimum atomic E-state index is -0.844. The quantitative estimate of drug-likeness (QED) is 0.179. The Kier molecular flexibility index (Phi) is 14.5. The smallest absolute Gasteiger partial charge is 0.287 e. The highest BCUT2D eigenvalue weighted by molar-refractivity contribution is 5.99. The van der Waals surface area contributed by atoms with Crippen LogP contribution in [0, 0.1) is 11.8 Å². The molecule has 5 amide bonds. The van der Waals surface area contributed by atoms with Crippen LogP contribution in [-0.4, -0.2) is 85.8 Å². The number of nitrogens with one attached hydrogen (secondary N) is 5. The number of carbonyl (C=O) groups is 5. The van der Waals surface area contributed by atoms with E-state index in [-0.39, 0.29) is 30.7 Å². The molecule has 2 saturated carbocycles. The number of fused-ring (bicyclic) bond motifs is 1. The van der Waals surface area contributed by atoms with E-state index in [0.717, 1.165) is 82.8 Å². The number of furan rings is 1. The molecule has 12 heteroatoms. The summed E-state index contributed by atoms with van der Waals surface area (Å²) in [5, 5.41) is 14.7. The molecule has 2 aliphatic carbocycles. The molecule has 1 aromatic carbocycles. The monoisotopic (exact) mass is 692 g/mol. The van der Waals surface area contributed by atoms with Gasteiger partial charge < -0.3 is 35.9 Å². The Bertz CT molecular complexity index is 1390. The summed E-state index contributed by atoms with van der Waals surface area (Å²) in [6.07, 6.45) is 15.5. The van der Waals surface area contributed by atoms with Crippen LogP contribution in [0.5, 0.6) is 0 Å². The fourth-order valence-corrected chi connectivity index (χ4v) is 7.72. The molecule has 3 aliphatic rings. The number of para-hydroxylation sites is 1. The van der Waals surface area contributed by atoms with E-state index in [9.17, 15) is 24.0 Å². The standard InChI is InChI=1S/C38H56N6O6/c45-34(40-26-35(46)42-30(22-27-12-4-1-5-13-27)36(47)39-18-21-44-19-10-3-11-20-44)25-41-37(48)31(23-28-14-6-2-7-15-28)43-38(49)33-24-29-16-8-9-17-32(29)50-33/h8-9,16-17,24,27-28,30-31H,1-7,10-15,18-23,25-26H2,(H,39,47)(H,40,45)(H,41,48)(H,42,46)(H,43,49)/t30-,31-/m0/s1. The van der Waals surface area contributed by atoms with Crippen molar-refractivity contribution < 1.29 is 28.4 Å². The molecule has 2 aromatic rings. The van der Waals surface area contributed by atoms with Crippen LogP contribution in [0.1, 0.15) is 107 Å². The first kappa shape index (κ1) is 37.3. The average Bonchev–Trinajstić information content (AvgIpc) is 3.58. The van der Waals surface area contributed by atoms with E-state index in [1.807, 2.05) is 18.2 Å². The van der Waals surface area contributed by atoms with Crippen molar-refractivity contribution in [2.75, 3.05) is 39.3 Å². The molecule has 50 heavy (non-hydrogen) atoms. The van der Waals surface area contributed by atoms with E-state index >= 15 is 0 Å². The predicted molar refractivity (Wildman–Crippen MR) is 191 cm³/mol. The summed E-state index contributed by atoms with van der Waals surface area (Å²) in [4.78, 5) is 67.7. The Morgan fingerprint density at radius 3 is 1.92 bits per heavy atom. The van der Waals surface area contributed by atoms with Gasteiger partial charge in [-0.3, -0.25) is 24.0 Å². The highest BCUT2D eigenvalue weighted by Gasteiger charge is 2.29. The molecule has 1 aliphatic heterocycles. The van der Waals surface area contributed by atoms with Crippen molar-refractivity contribution in [3.05, 3.63) is 36.1 Å². The van der Waals surface area contributed by atoms with E-state index in [0.29, 0.717) is 30.9 Å². The maximum atomic E-state index is 13.3. The number of amides is 5. The Morgan fingerprint density at radius 2 is 1.26 bits per heavy atom. The van der Waals surface area contributed by atoms with Gasteiger partial charge in [0.1, 0.15) is 17.7 Å². The second kappa shape index (κ2) is 19.5. The van der Waals surface area contributed by atoms with Gasteiger partial charge in [0.05, 0.1) is 13.1 Å². The van der Waals surface area contributed by atoms with Crippen LogP contribution in [-0.2, 0) is 19.2 Å². The fraction of sp³-hybridized carbons (Fsp3) is 0.658. The number of hydrogen-bond donors (Lipinski definition) is 5. The lowest BCUT2D eigenvalue weighted by Crippen LogP contribution is -2.52. The third-order valence-electron chi connectivity index (χ3n) is 10.6. The number of rotatable bonds is 16. The van der Waals surface area contributed by atoms with Crippen molar-refractivity contribution in [2.45, 2.75) is 108 Å². The number of carbonyl (C=O) groups excluding carboxylic acids is 5. The van der Waals surface area contributed by atoms with Crippen LogP contribution in [0.2, 0.25) is 0 Å². The second-order valence-electron chi connectivity index (χ2n) is 14.5. The summed E-state index contributed by atoms with van der Waals surface area (Å²) in [7, 11) is 0. The third-order valence-corrected chi connectivity index (χ3v) is 10.6. The molecule has 3 fully saturated rings. The Hall–Kier alpha value is -3.93. The van der Waals surface area contributed by atoms with Crippen molar-refractivity contribution in [1.29, 1.82) is 0 Å².